The molecule has 0 bridgehead atoms. The van der Waals surface area contributed by atoms with Crippen molar-refractivity contribution in [3.63, 3.8) is 0 Å². The van der Waals surface area contributed by atoms with Crippen LogP contribution in [0.25, 0.3) is 10.2 Å². The van der Waals surface area contributed by atoms with E-state index >= 15 is 0 Å². The van der Waals surface area contributed by atoms with Crippen LogP contribution in [0.3, 0.4) is 0 Å². The fourth-order valence-electron chi connectivity index (χ4n) is 3.59. The van der Waals surface area contributed by atoms with E-state index in [9.17, 15) is 9.59 Å². The second-order valence-corrected chi connectivity index (χ2v) is 10.6. The first kappa shape index (κ1) is 21.4. The standard InChI is InChI=1S/C21H31N3O2S2/c1-12(2)8-9-24-20(26)18-15-7-6-14(5)10-16(15)28-19(18)23-21(24)27-11-17(25)22-13(3)4/h12-14H,6-11H2,1-5H3,(H,22,25). The fourth-order valence-corrected chi connectivity index (χ4v) is 5.85. The summed E-state index contributed by atoms with van der Waals surface area (Å²) >= 11 is 3.04. The molecule has 28 heavy (non-hydrogen) atoms. The second kappa shape index (κ2) is 8.99. The summed E-state index contributed by atoms with van der Waals surface area (Å²) in [6, 6.07) is 0.109. The minimum Gasteiger partial charge on any atom is -0.353 e. The number of aromatic nitrogens is 2. The summed E-state index contributed by atoms with van der Waals surface area (Å²) in [7, 11) is 0. The highest BCUT2D eigenvalue weighted by atomic mass is 32.2. The SMILES string of the molecule is CC(C)CCn1c(SCC(=O)NC(C)C)nc2sc3c(c2c1=O)CCC(C)C3. The summed E-state index contributed by atoms with van der Waals surface area (Å²) in [5, 5.41) is 4.40. The maximum atomic E-state index is 13.4. The number of aryl methyl sites for hydroxylation is 1. The molecule has 2 aromatic heterocycles. The van der Waals surface area contributed by atoms with Crippen LogP contribution in [0.5, 0.6) is 0 Å². The van der Waals surface area contributed by atoms with Crippen molar-refractivity contribution in [1.29, 1.82) is 0 Å². The summed E-state index contributed by atoms with van der Waals surface area (Å²) in [6.07, 6.45) is 4.07. The topological polar surface area (TPSA) is 64.0 Å². The molecule has 0 spiro atoms. The number of carbonyl (C=O) groups excluding carboxylic acids is 1. The average Bonchev–Trinajstić information content (AvgIpc) is 2.95. The number of hydrogen-bond donors (Lipinski definition) is 1. The molecule has 5 nitrogen and oxygen atoms in total. The zero-order valence-corrected chi connectivity index (χ0v) is 19.1. The van der Waals surface area contributed by atoms with Crippen molar-refractivity contribution in [3.8, 4) is 0 Å². The van der Waals surface area contributed by atoms with Crippen LogP contribution >= 0.6 is 23.1 Å². The monoisotopic (exact) mass is 421 g/mol. The van der Waals surface area contributed by atoms with Crippen molar-refractivity contribution in [3.05, 3.63) is 20.8 Å². The van der Waals surface area contributed by atoms with E-state index < -0.39 is 0 Å². The Bertz CT molecular complexity index is 914. The Labute approximate surface area is 175 Å². The van der Waals surface area contributed by atoms with Gasteiger partial charge in [0, 0.05) is 17.5 Å². The molecule has 1 atom stereocenters. The molecule has 1 unspecified atom stereocenters. The van der Waals surface area contributed by atoms with Gasteiger partial charge in [-0.2, -0.15) is 0 Å². The lowest BCUT2D eigenvalue weighted by Crippen LogP contribution is -2.32. The van der Waals surface area contributed by atoms with Gasteiger partial charge in [0.1, 0.15) is 4.83 Å². The predicted molar refractivity (Wildman–Crippen MR) is 119 cm³/mol. The Morgan fingerprint density at radius 3 is 2.79 bits per heavy atom. The minimum atomic E-state index is -0.0240. The highest BCUT2D eigenvalue weighted by molar-refractivity contribution is 7.99. The number of hydrogen-bond acceptors (Lipinski definition) is 5. The molecule has 7 heteroatoms. The molecular formula is C21H31N3O2S2. The average molecular weight is 422 g/mol. The van der Waals surface area contributed by atoms with Crippen LogP contribution in [-0.2, 0) is 24.2 Å². The van der Waals surface area contributed by atoms with E-state index in [1.807, 2.05) is 13.8 Å². The summed E-state index contributed by atoms with van der Waals surface area (Å²) in [4.78, 5) is 32.5. The number of amides is 1. The van der Waals surface area contributed by atoms with E-state index in [0.29, 0.717) is 23.5 Å². The molecule has 0 radical (unpaired) electrons. The van der Waals surface area contributed by atoms with Crippen LogP contribution in [-0.4, -0.2) is 27.3 Å². The molecule has 2 aromatic rings. The summed E-state index contributed by atoms with van der Waals surface area (Å²) in [6.45, 7) is 11.1. The molecule has 1 aliphatic carbocycles. The van der Waals surface area contributed by atoms with Crippen LogP contribution in [0.2, 0.25) is 0 Å². The molecular weight excluding hydrogens is 390 g/mol. The minimum absolute atomic E-state index is 0.0240. The first-order valence-corrected chi connectivity index (χ1v) is 12.0. The number of thioether (sulfide) groups is 1. The molecule has 0 aliphatic heterocycles. The first-order chi connectivity index (χ1) is 13.3. The number of nitrogens with one attached hydrogen (secondary N) is 1. The smallest absolute Gasteiger partial charge is 0.263 e. The highest BCUT2D eigenvalue weighted by Gasteiger charge is 2.25. The van der Waals surface area contributed by atoms with Gasteiger partial charge in [0.05, 0.1) is 11.1 Å². The van der Waals surface area contributed by atoms with Gasteiger partial charge in [-0.15, -0.1) is 11.3 Å². The largest absolute Gasteiger partial charge is 0.353 e. The number of fused-ring (bicyclic) bond motifs is 3. The number of carbonyl (C=O) groups is 1. The fraction of sp³-hybridized carbons (Fsp3) is 0.667. The molecule has 0 saturated heterocycles. The van der Waals surface area contributed by atoms with E-state index in [2.05, 4.69) is 26.1 Å². The van der Waals surface area contributed by atoms with E-state index in [1.54, 1.807) is 15.9 Å². The van der Waals surface area contributed by atoms with E-state index in [4.69, 9.17) is 4.98 Å². The van der Waals surface area contributed by atoms with Gasteiger partial charge in [0.25, 0.3) is 5.56 Å². The van der Waals surface area contributed by atoms with Gasteiger partial charge in [0.15, 0.2) is 5.16 Å². The number of rotatable bonds is 7. The third-order valence-electron chi connectivity index (χ3n) is 5.09. The van der Waals surface area contributed by atoms with Crippen LogP contribution in [0.15, 0.2) is 9.95 Å². The van der Waals surface area contributed by atoms with Crippen LogP contribution in [0, 0.1) is 11.8 Å². The van der Waals surface area contributed by atoms with Crippen molar-refractivity contribution in [1.82, 2.24) is 14.9 Å². The summed E-state index contributed by atoms with van der Waals surface area (Å²) in [5.74, 6) is 1.42. The lowest BCUT2D eigenvalue weighted by molar-refractivity contribution is -0.119. The Morgan fingerprint density at radius 2 is 2.11 bits per heavy atom. The lowest BCUT2D eigenvalue weighted by atomic mass is 9.89. The summed E-state index contributed by atoms with van der Waals surface area (Å²) < 4.78 is 1.81. The third kappa shape index (κ3) is 4.79. The third-order valence-corrected chi connectivity index (χ3v) is 7.22. The highest BCUT2D eigenvalue weighted by Crippen LogP contribution is 2.36. The molecule has 3 rings (SSSR count). The van der Waals surface area contributed by atoms with Crippen LogP contribution in [0.1, 0.15) is 57.9 Å². The van der Waals surface area contributed by atoms with Gasteiger partial charge in [-0.3, -0.25) is 14.2 Å². The maximum absolute atomic E-state index is 13.4. The quantitative estimate of drug-likeness (QED) is 0.536. The van der Waals surface area contributed by atoms with E-state index in [1.165, 1.54) is 22.2 Å². The van der Waals surface area contributed by atoms with E-state index in [-0.39, 0.29) is 23.3 Å². The van der Waals surface area contributed by atoms with Crippen molar-refractivity contribution < 1.29 is 4.79 Å². The zero-order chi connectivity index (χ0) is 20.4. The zero-order valence-electron chi connectivity index (χ0n) is 17.5. The number of nitrogens with zero attached hydrogens (tertiary/aromatic N) is 2. The first-order valence-electron chi connectivity index (χ1n) is 10.2. The molecule has 0 aromatic carbocycles. The van der Waals surface area contributed by atoms with Crippen molar-refractivity contribution in [2.45, 2.75) is 78.0 Å². The van der Waals surface area contributed by atoms with Gasteiger partial charge in [0.2, 0.25) is 5.91 Å². The Morgan fingerprint density at radius 1 is 1.36 bits per heavy atom. The van der Waals surface area contributed by atoms with Crippen LogP contribution in [0.4, 0.5) is 0 Å². The van der Waals surface area contributed by atoms with Gasteiger partial charge in [-0.05, 0) is 56.9 Å². The van der Waals surface area contributed by atoms with Gasteiger partial charge in [-0.25, -0.2) is 4.98 Å². The predicted octanol–water partition coefficient (Wildman–Crippen LogP) is 4.25. The molecule has 1 N–H and O–H groups in total. The van der Waals surface area contributed by atoms with Crippen molar-refractivity contribution in [2.75, 3.05) is 5.75 Å². The number of thiophene rings is 1. The van der Waals surface area contributed by atoms with Gasteiger partial charge in [-0.1, -0.05) is 32.5 Å². The summed E-state index contributed by atoms with van der Waals surface area (Å²) in [5.41, 5.74) is 1.30. The molecule has 2 heterocycles. The van der Waals surface area contributed by atoms with Crippen molar-refractivity contribution >= 4 is 39.2 Å². The van der Waals surface area contributed by atoms with Gasteiger partial charge < -0.3 is 5.32 Å². The molecule has 0 fully saturated rings. The molecule has 1 aliphatic rings. The van der Waals surface area contributed by atoms with Gasteiger partial charge >= 0.3 is 0 Å². The second-order valence-electron chi connectivity index (χ2n) is 8.58. The van der Waals surface area contributed by atoms with Crippen molar-refractivity contribution in [2.24, 2.45) is 11.8 Å². The molecule has 1 amide bonds. The molecule has 154 valence electrons. The van der Waals surface area contributed by atoms with Crippen LogP contribution < -0.4 is 10.9 Å². The Hall–Kier alpha value is -1.34. The molecule has 0 saturated carbocycles. The normalized spacial score (nSPS) is 16.8. The Kier molecular flexibility index (Phi) is 6.86. The van der Waals surface area contributed by atoms with E-state index in [0.717, 1.165) is 35.9 Å². The Balaban J connectivity index is 1.99. The lowest BCUT2D eigenvalue weighted by Gasteiger charge is -2.18. The maximum Gasteiger partial charge on any atom is 0.263 e.